The summed E-state index contributed by atoms with van der Waals surface area (Å²) in [6, 6.07) is 11.3. The van der Waals surface area contributed by atoms with E-state index in [4.69, 9.17) is 9.47 Å². The molecule has 1 N–H and O–H groups in total. The number of piperidine rings is 1. The van der Waals surface area contributed by atoms with Gasteiger partial charge in [-0.05, 0) is 43.5 Å². The summed E-state index contributed by atoms with van der Waals surface area (Å²) in [4.78, 5) is 30.3. The third kappa shape index (κ3) is 5.49. The Hall–Kier alpha value is -3.09. The number of amides is 2. The number of carbonyl (C=O) groups excluding carboxylic acids is 2. The molecule has 4 rings (SSSR count). The van der Waals surface area contributed by atoms with Crippen LogP contribution in [0.2, 0.25) is 0 Å². The fraction of sp³-hybridized carbons (Fsp3) is 0.435. The van der Waals surface area contributed by atoms with Crippen molar-refractivity contribution >= 4 is 17.5 Å². The highest BCUT2D eigenvalue weighted by Gasteiger charge is 2.29. The van der Waals surface area contributed by atoms with Crippen LogP contribution in [-0.2, 0) is 9.59 Å². The quantitative estimate of drug-likeness (QED) is 0.760. The summed E-state index contributed by atoms with van der Waals surface area (Å²) in [5.41, 5.74) is 1.79. The monoisotopic (exact) mass is 409 g/mol. The molecule has 158 valence electrons. The van der Waals surface area contributed by atoms with Gasteiger partial charge < -0.3 is 19.7 Å². The van der Waals surface area contributed by atoms with Gasteiger partial charge >= 0.3 is 0 Å². The Kier molecular flexibility index (Phi) is 6.16. The predicted molar refractivity (Wildman–Crippen MR) is 112 cm³/mol. The number of hydrogen-bond donors (Lipinski definition) is 1. The van der Waals surface area contributed by atoms with Crippen molar-refractivity contribution in [3.63, 3.8) is 0 Å². The molecule has 30 heavy (non-hydrogen) atoms. The molecular formula is C23H27N3O4. The lowest BCUT2D eigenvalue weighted by atomic mass is 10.1. The van der Waals surface area contributed by atoms with Crippen molar-refractivity contribution in [2.24, 2.45) is 5.92 Å². The third-order valence-corrected chi connectivity index (χ3v) is 5.39. The van der Waals surface area contributed by atoms with Gasteiger partial charge in [0, 0.05) is 37.9 Å². The molecule has 2 aliphatic rings. The normalized spacial score (nSPS) is 16.8. The third-order valence-electron chi connectivity index (χ3n) is 5.39. The largest absolute Gasteiger partial charge is 0.484 e. The Morgan fingerprint density at radius 2 is 1.93 bits per heavy atom. The number of nitrogens with zero attached hydrogens (tertiary/aromatic N) is 2. The Bertz CT molecular complexity index is 888. The molecule has 0 spiro atoms. The second kappa shape index (κ2) is 9.15. The number of likely N-dealkylation sites (tertiary alicyclic amines) is 1. The highest BCUT2D eigenvalue weighted by Crippen LogP contribution is 2.30. The molecule has 1 aliphatic carbocycles. The van der Waals surface area contributed by atoms with Crippen LogP contribution in [0.1, 0.15) is 31.2 Å². The van der Waals surface area contributed by atoms with Crippen molar-refractivity contribution in [2.75, 3.05) is 25.0 Å². The molecule has 0 atom stereocenters. The number of aryl methyl sites for hydroxylation is 1. The predicted octanol–water partition coefficient (Wildman–Crippen LogP) is 3.19. The molecule has 7 heteroatoms. The summed E-state index contributed by atoms with van der Waals surface area (Å²) in [5.74, 6) is 1.46. The van der Waals surface area contributed by atoms with Crippen molar-refractivity contribution in [3.05, 3.63) is 48.2 Å². The van der Waals surface area contributed by atoms with Gasteiger partial charge in [-0.1, -0.05) is 12.1 Å². The lowest BCUT2D eigenvalue weighted by Crippen LogP contribution is -2.43. The molecule has 7 nitrogen and oxygen atoms in total. The standard InChI is InChI=1S/C23H27N3O4/c1-16-3-2-4-20(13-16)29-15-22(27)26-11-9-19(10-12-26)30-21-8-7-18(14-24-21)25-23(28)17-5-6-17/h2-4,7-8,13-14,17,19H,5-6,9-12,15H2,1H3,(H,25,28). The molecule has 1 aromatic heterocycles. The highest BCUT2D eigenvalue weighted by atomic mass is 16.5. The molecule has 0 unspecified atom stereocenters. The molecule has 0 bridgehead atoms. The Balaban J connectivity index is 1.19. The minimum atomic E-state index is -0.0103. The van der Waals surface area contributed by atoms with Gasteiger partial charge in [0.25, 0.3) is 5.91 Å². The zero-order valence-electron chi connectivity index (χ0n) is 17.2. The van der Waals surface area contributed by atoms with Gasteiger partial charge in [-0.15, -0.1) is 0 Å². The number of nitrogens with one attached hydrogen (secondary N) is 1. The molecule has 0 radical (unpaired) electrons. The molecule has 2 amide bonds. The van der Waals surface area contributed by atoms with Gasteiger partial charge in [0.2, 0.25) is 11.8 Å². The van der Waals surface area contributed by atoms with Crippen molar-refractivity contribution in [1.29, 1.82) is 0 Å². The first kappa shape index (κ1) is 20.2. The fourth-order valence-corrected chi connectivity index (χ4v) is 3.45. The van der Waals surface area contributed by atoms with Gasteiger partial charge in [0.15, 0.2) is 6.61 Å². The number of rotatable bonds is 7. The molecule has 2 aromatic rings. The minimum absolute atomic E-state index is 0.0103. The van der Waals surface area contributed by atoms with E-state index >= 15 is 0 Å². The van der Waals surface area contributed by atoms with Crippen LogP contribution in [-0.4, -0.2) is 47.5 Å². The molecule has 2 heterocycles. The number of aromatic nitrogens is 1. The van der Waals surface area contributed by atoms with E-state index in [1.165, 1.54) is 0 Å². The van der Waals surface area contributed by atoms with Crippen LogP contribution in [0, 0.1) is 12.8 Å². The Morgan fingerprint density at radius 1 is 1.13 bits per heavy atom. The summed E-state index contributed by atoms with van der Waals surface area (Å²) >= 11 is 0. The van der Waals surface area contributed by atoms with E-state index in [9.17, 15) is 9.59 Å². The van der Waals surface area contributed by atoms with E-state index in [-0.39, 0.29) is 30.4 Å². The van der Waals surface area contributed by atoms with Gasteiger partial charge in [-0.25, -0.2) is 4.98 Å². The second-order valence-corrected chi connectivity index (χ2v) is 7.95. The number of pyridine rings is 1. The maximum absolute atomic E-state index is 12.4. The lowest BCUT2D eigenvalue weighted by Gasteiger charge is -2.31. The zero-order chi connectivity index (χ0) is 20.9. The summed E-state index contributed by atoms with van der Waals surface area (Å²) < 4.78 is 11.6. The smallest absolute Gasteiger partial charge is 0.260 e. The van der Waals surface area contributed by atoms with E-state index in [0.717, 1.165) is 31.2 Å². The van der Waals surface area contributed by atoms with Crippen LogP contribution in [0.15, 0.2) is 42.6 Å². The first-order valence-corrected chi connectivity index (χ1v) is 10.5. The topological polar surface area (TPSA) is 80.8 Å². The number of ether oxygens (including phenoxy) is 2. The van der Waals surface area contributed by atoms with Crippen LogP contribution >= 0.6 is 0 Å². The first-order chi connectivity index (χ1) is 14.6. The van der Waals surface area contributed by atoms with Crippen molar-refractivity contribution < 1.29 is 19.1 Å². The van der Waals surface area contributed by atoms with Crippen LogP contribution in [0.25, 0.3) is 0 Å². The number of benzene rings is 1. The van der Waals surface area contributed by atoms with E-state index in [1.807, 2.05) is 42.2 Å². The average molecular weight is 409 g/mol. The second-order valence-electron chi connectivity index (χ2n) is 7.95. The van der Waals surface area contributed by atoms with Crippen LogP contribution in [0.3, 0.4) is 0 Å². The van der Waals surface area contributed by atoms with Crippen LogP contribution in [0.5, 0.6) is 11.6 Å². The molecule has 2 fully saturated rings. The van der Waals surface area contributed by atoms with E-state index in [2.05, 4.69) is 10.3 Å². The van der Waals surface area contributed by atoms with Gasteiger partial charge in [0.1, 0.15) is 11.9 Å². The van der Waals surface area contributed by atoms with Gasteiger partial charge in [-0.2, -0.15) is 0 Å². The molecule has 1 aromatic carbocycles. The molecule has 1 saturated carbocycles. The molecular weight excluding hydrogens is 382 g/mol. The summed E-state index contributed by atoms with van der Waals surface area (Å²) in [5, 5.41) is 2.87. The zero-order valence-corrected chi connectivity index (χ0v) is 17.2. The molecule has 1 aliphatic heterocycles. The van der Waals surface area contributed by atoms with E-state index < -0.39 is 0 Å². The van der Waals surface area contributed by atoms with Crippen LogP contribution in [0.4, 0.5) is 5.69 Å². The van der Waals surface area contributed by atoms with Crippen molar-refractivity contribution in [3.8, 4) is 11.6 Å². The minimum Gasteiger partial charge on any atom is -0.484 e. The number of anilines is 1. The number of hydrogen-bond acceptors (Lipinski definition) is 5. The van der Waals surface area contributed by atoms with Gasteiger partial charge in [-0.3, -0.25) is 9.59 Å². The SMILES string of the molecule is Cc1cccc(OCC(=O)N2CCC(Oc3ccc(NC(=O)C4CC4)cn3)CC2)c1. The van der Waals surface area contributed by atoms with E-state index in [1.54, 1.807) is 12.3 Å². The van der Waals surface area contributed by atoms with Crippen LogP contribution < -0.4 is 14.8 Å². The van der Waals surface area contributed by atoms with Crippen molar-refractivity contribution in [2.45, 2.75) is 38.7 Å². The summed E-state index contributed by atoms with van der Waals surface area (Å²) in [7, 11) is 0. The maximum Gasteiger partial charge on any atom is 0.260 e. The lowest BCUT2D eigenvalue weighted by molar-refractivity contribution is -0.135. The summed E-state index contributed by atoms with van der Waals surface area (Å²) in [6.07, 6.45) is 5.08. The Labute approximate surface area is 176 Å². The fourth-order valence-electron chi connectivity index (χ4n) is 3.45. The molecule has 1 saturated heterocycles. The summed E-state index contributed by atoms with van der Waals surface area (Å²) in [6.45, 7) is 3.31. The van der Waals surface area contributed by atoms with Crippen molar-refractivity contribution in [1.82, 2.24) is 9.88 Å². The van der Waals surface area contributed by atoms with E-state index in [0.29, 0.717) is 30.4 Å². The first-order valence-electron chi connectivity index (χ1n) is 10.5. The maximum atomic E-state index is 12.4. The average Bonchev–Trinajstić information content (AvgIpc) is 3.60. The number of carbonyl (C=O) groups is 2. The van der Waals surface area contributed by atoms with Gasteiger partial charge in [0.05, 0.1) is 11.9 Å². The Morgan fingerprint density at radius 3 is 2.60 bits per heavy atom. The highest BCUT2D eigenvalue weighted by molar-refractivity contribution is 5.93.